The van der Waals surface area contributed by atoms with Crippen LogP contribution in [0, 0.1) is 10.1 Å². The van der Waals surface area contributed by atoms with E-state index in [1.165, 1.54) is 28.6 Å². The Balaban J connectivity index is 2.11. The van der Waals surface area contributed by atoms with Crippen LogP contribution in [0.15, 0.2) is 47.4 Å². The Kier molecular flexibility index (Phi) is 7.11. The maximum Gasteiger partial charge on any atom is 0.270 e. The number of sulfonamides is 1. The van der Waals surface area contributed by atoms with E-state index in [4.69, 9.17) is 11.6 Å². The summed E-state index contributed by atoms with van der Waals surface area (Å²) in [7, 11) is -3.55. The summed E-state index contributed by atoms with van der Waals surface area (Å²) in [5.74, 6) is -0.562. The van der Waals surface area contributed by atoms with Gasteiger partial charge in [-0.25, -0.2) is 8.42 Å². The predicted octanol–water partition coefficient (Wildman–Crippen LogP) is 3.21. The SMILES string of the molecule is CCN(CC)S(=O)(=O)c1ccc(CNC(=O)c2cc([N+](=O)[O-])ccc2Cl)cc1. The first-order valence-electron chi connectivity index (χ1n) is 8.52. The first kappa shape index (κ1) is 21.8. The molecule has 1 N–H and O–H groups in total. The van der Waals surface area contributed by atoms with Gasteiger partial charge in [0.2, 0.25) is 10.0 Å². The third kappa shape index (κ3) is 4.86. The van der Waals surface area contributed by atoms with Gasteiger partial charge in [0, 0.05) is 31.8 Å². The predicted molar refractivity (Wildman–Crippen MR) is 106 cm³/mol. The maximum absolute atomic E-state index is 12.5. The number of hydrogen-bond acceptors (Lipinski definition) is 5. The van der Waals surface area contributed by atoms with Crippen LogP contribution in [0.1, 0.15) is 29.8 Å². The lowest BCUT2D eigenvalue weighted by Gasteiger charge is -2.18. The number of rotatable bonds is 8. The van der Waals surface area contributed by atoms with Gasteiger partial charge in [-0.05, 0) is 23.8 Å². The minimum Gasteiger partial charge on any atom is -0.348 e. The van der Waals surface area contributed by atoms with Crippen molar-refractivity contribution < 1.29 is 18.1 Å². The molecular weight excluding hydrogens is 406 g/mol. The fourth-order valence-corrected chi connectivity index (χ4v) is 4.23. The van der Waals surface area contributed by atoms with E-state index in [0.29, 0.717) is 18.7 Å². The van der Waals surface area contributed by atoms with Gasteiger partial charge in [0.1, 0.15) is 0 Å². The van der Waals surface area contributed by atoms with Gasteiger partial charge in [0.15, 0.2) is 0 Å². The standard InChI is InChI=1S/C18H20ClN3O5S/c1-3-21(4-2)28(26,27)15-8-5-13(6-9-15)12-20-18(23)16-11-14(22(24)25)7-10-17(16)19/h5-11H,3-4,12H2,1-2H3,(H,20,23). The van der Waals surface area contributed by atoms with Crippen LogP contribution < -0.4 is 5.32 Å². The van der Waals surface area contributed by atoms with Crippen LogP contribution in [0.25, 0.3) is 0 Å². The summed E-state index contributed by atoms with van der Waals surface area (Å²) in [6.45, 7) is 4.40. The van der Waals surface area contributed by atoms with Crippen molar-refractivity contribution in [2.24, 2.45) is 0 Å². The van der Waals surface area contributed by atoms with Gasteiger partial charge in [0.05, 0.1) is 20.4 Å². The van der Waals surface area contributed by atoms with Gasteiger partial charge in [-0.1, -0.05) is 37.6 Å². The van der Waals surface area contributed by atoms with E-state index >= 15 is 0 Å². The van der Waals surface area contributed by atoms with E-state index in [1.807, 2.05) is 0 Å². The minimum absolute atomic E-state index is 0.00315. The molecule has 1 amide bonds. The number of carbonyl (C=O) groups is 1. The van der Waals surface area contributed by atoms with Crippen LogP contribution in [0.3, 0.4) is 0 Å². The lowest BCUT2D eigenvalue weighted by atomic mass is 10.1. The van der Waals surface area contributed by atoms with Crippen molar-refractivity contribution >= 4 is 33.2 Å². The van der Waals surface area contributed by atoms with E-state index in [0.717, 1.165) is 6.07 Å². The zero-order valence-corrected chi connectivity index (χ0v) is 17.0. The molecule has 0 heterocycles. The van der Waals surface area contributed by atoms with E-state index in [2.05, 4.69) is 5.32 Å². The van der Waals surface area contributed by atoms with Gasteiger partial charge in [0.25, 0.3) is 11.6 Å². The zero-order chi connectivity index (χ0) is 20.9. The molecule has 2 aromatic carbocycles. The molecule has 150 valence electrons. The summed E-state index contributed by atoms with van der Waals surface area (Å²) in [4.78, 5) is 22.7. The minimum atomic E-state index is -3.55. The van der Waals surface area contributed by atoms with Crippen LogP contribution >= 0.6 is 11.6 Å². The number of amides is 1. The molecule has 0 aromatic heterocycles. The second-order valence-electron chi connectivity index (χ2n) is 5.84. The number of nitrogens with one attached hydrogen (secondary N) is 1. The van der Waals surface area contributed by atoms with Crippen molar-refractivity contribution in [2.75, 3.05) is 13.1 Å². The summed E-state index contributed by atoms with van der Waals surface area (Å²) < 4.78 is 26.3. The molecule has 0 radical (unpaired) electrons. The number of halogens is 1. The quantitative estimate of drug-likeness (QED) is 0.515. The Morgan fingerprint density at radius 1 is 1.14 bits per heavy atom. The molecule has 2 rings (SSSR count). The molecule has 0 saturated heterocycles. The first-order chi connectivity index (χ1) is 13.2. The van der Waals surface area contributed by atoms with Crippen molar-refractivity contribution in [3.05, 3.63) is 68.7 Å². The summed E-state index contributed by atoms with van der Waals surface area (Å²) >= 11 is 5.95. The van der Waals surface area contributed by atoms with Crippen molar-refractivity contribution in [2.45, 2.75) is 25.3 Å². The Labute approximate surface area is 168 Å². The van der Waals surface area contributed by atoms with E-state index in [-0.39, 0.29) is 27.7 Å². The van der Waals surface area contributed by atoms with E-state index in [9.17, 15) is 23.3 Å². The summed E-state index contributed by atoms with van der Waals surface area (Å²) in [5.41, 5.74) is 0.436. The molecule has 8 nitrogen and oxygen atoms in total. The molecule has 28 heavy (non-hydrogen) atoms. The molecule has 0 atom stereocenters. The molecule has 0 aliphatic heterocycles. The Hall–Kier alpha value is -2.49. The average Bonchev–Trinajstić information content (AvgIpc) is 2.67. The molecule has 0 aliphatic carbocycles. The first-order valence-corrected chi connectivity index (χ1v) is 10.3. The molecule has 2 aromatic rings. The van der Waals surface area contributed by atoms with Crippen LogP contribution in [0.2, 0.25) is 5.02 Å². The topological polar surface area (TPSA) is 110 Å². The molecule has 0 unspecified atom stereocenters. The molecule has 0 fully saturated rings. The largest absolute Gasteiger partial charge is 0.348 e. The van der Waals surface area contributed by atoms with Crippen LogP contribution in [0.5, 0.6) is 0 Å². The lowest BCUT2D eigenvalue weighted by Crippen LogP contribution is -2.30. The number of nitrogens with zero attached hydrogens (tertiary/aromatic N) is 2. The van der Waals surface area contributed by atoms with Gasteiger partial charge < -0.3 is 5.32 Å². The highest BCUT2D eigenvalue weighted by molar-refractivity contribution is 7.89. The number of benzene rings is 2. The second kappa shape index (κ2) is 9.13. The van der Waals surface area contributed by atoms with Gasteiger partial charge in [-0.15, -0.1) is 0 Å². The number of non-ortho nitro benzene ring substituents is 1. The fourth-order valence-electron chi connectivity index (χ4n) is 2.57. The Morgan fingerprint density at radius 2 is 1.75 bits per heavy atom. The maximum atomic E-state index is 12.5. The monoisotopic (exact) mass is 425 g/mol. The van der Waals surface area contributed by atoms with Gasteiger partial charge in [-0.3, -0.25) is 14.9 Å². The summed E-state index contributed by atoms with van der Waals surface area (Å²) in [6, 6.07) is 9.79. The van der Waals surface area contributed by atoms with Crippen LogP contribution in [0.4, 0.5) is 5.69 Å². The molecular formula is C18H20ClN3O5S. The summed E-state index contributed by atoms with van der Waals surface area (Å²) in [6.07, 6.45) is 0. The number of nitro groups is 1. The highest BCUT2D eigenvalue weighted by atomic mass is 35.5. The molecule has 0 saturated carbocycles. The van der Waals surface area contributed by atoms with Crippen molar-refractivity contribution in [1.82, 2.24) is 9.62 Å². The zero-order valence-electron chi connectivity index (χ0n) is 15.4. The fraction of sp³-hybridized carbons (Fsp3) is 0.278. The Bertz CT molecular complexity index is 973. The van der Waals surface area contributed by atoms with Gasteiger partial charge in [-0.2, -0.15) is 4.31 Å². The average molecular weight is 426 g/mol. The lowest BCUT2D eigenvalue weighted by molar-refractivity contribution is -0.384. The highest BCUT2D eigenvalue weighted by Crippen LogP contribution is 2.22. The third-order valence-electron chi connectivity index (χ3n) is 4.12. The molecule has 10 heteroatoms. The smallest absolute Gasteiger partial charge is 0.270 e. The van der Waals surface area contributed by atoms with Crippen molar-refractivity contribution in [3.8, 4) is 0 Å². The third-order valence-corrected chi connectivity index (χ3v) is 6.52. The number of hydrogen-bond donors (Lipinski definition) is 1. The summed E-state index contributed by atoms with van der Waals surface area (Å²) in [5, 5.41) is 13.6. The normalized spacial score (nSPS) is 11.4. The van der Waals surface area contributed by atoms with E-state index in [1.54, 1.807) is 26.0 Å². The Morgan fingerprint density at radius 3 is 2.29 bits per heavy atom. The molecule has 0 spiro atoms. The molecule has 0 bridgehead atoms. The van der Waals surface area contributed by atoms with Crippen molar-refractivity contribution in [3.63, 3.8) is 0 Å². The van der Waals surface area contributed by atoms with Crippen LogP contribution in [-0.2, 0) is 16.6 Å². The molecule has 0 aliphatic rings. The van der Waals surface area contributed by atoms with Crippen LogP contribution in [-0.4, -0.2) is 36.6 Å². The number of nitro benzene ring substituents is 1. The highest BCUT2D eigenvalue weighted by Gasteiger charge is 2.21. The van der Waals surface area contributed by atoms with Crippen molar-refractivity contribution in [1.29, 1.82) is 0 Å². The van der Waals surface area contributed by atoms with Gasteiger partial charge >= 0.3 is 0 Å². The second-order valence-corrected chi connectivity index (χ2v) is 8.18. The van der Waals surface area contributed by atoms with E-state index < -0.39 is 20.9 Å². The number of carbonyl (C=O) groups excluding carboxylic acids is 1.